The molecule has 0 fully saturated rings. The third kappa shape index (κ3) is 9.14. The lowest BCUT2D eigenvalue weighted by molar-refractivity contribution is -0.121. The molecule has 5 rings (SSSR count). The van der Waals surface area contributed by atoms with E-state index in [2.05, 4.69) is 26.5 Å². The Morgan fingerprint density at radius 1 is 0.708 bits per heavy atom. The molecule has 1 aromatic heterocycles. The van der Waals surface area contributed by atoms with Crippen molar-refractivity contribution in [3.05, 3.63) is 154 Å². The molecule has 1 N–H and O–H groups in total. The summed E-state index contributed by atoms with van der Waals surface area (Å²) in [6.07, 6.45) is 1.27. The van der Waals surface area contributed by atoms with Crippen LogP contribution in [0.25, 0.3) is 0 Å². The van der Waals surface area contributed by atoms with Crippen LogP contribution in [0.5, 0.6) is 0 Å². The van der Waals surface area contributed by atoms with Gasteiger partial charge in [-0.05, 0) is 66.6 Å². The molecule has 0 saturated carbocycles. The average Bonchev–Trinajstić information content (AvgIpc) is 3.52. The van der Waals surface area contributed by atoms with Crippen molar-refractivity contribution in [1.29, 1.82) is 0 Å². The molecule has 0 spiro atoms. The van der Waals surface area contributed by atoms with E-state index < -0.39 is 32.5 Å². The van der Waals surface area contributed by atoms with E-state index in [1.165, 1.54) is 22.7 Å². The van der Waals surface area contributed by atoms with Gasteiger partial charge in [0.15, 0.2) is 0 Å². The number of amides is 1. The molecule has 0 atom stereocenters. The maximum Gasteiger partial charge on any atom is 0.255 e. The summed E-state index contributed by atoms with van der Waals surface area (Å²) in [6.45, 7) is 1.45. The summed E-state index contributed by atoms with van der Waals surface area (Å²) >= 11 is 3.31. The molecular weight excluding hydrogens is 716 g/mol. The predicted octanol–water partition coefficient (Wildman–Crippen LogP) is 6.08. The quantitative estimate of drug-likeness (QED) is 0.108. The fourth-order valence-corrected chi connectivity index (χ4v) is 7.77. The van der Waals surface area contributed by atoms with Crippen molar-refractivity contribution in [2.45, 2.75) is 36.3 Å². The van der Waals surface area contributed by atoms with E-state index in [9.17, 15) is 21.6 Å². The smallest absolute Gasteiger partial charge is 0.255 e. The number of carbonyl (C=O) groups excluding carboxylic acids is 1. The molecule has 248 valence electrons. The van der Waals surface area contributed by atoms with Crippen LogP contribution in [0, 0.1) is 6.92 Å². The number of hydrazone groups is 1. The highest BCUT2D eigenvalue weighted by molar-refractivity contribution is 9.10. The molecule has 4 aromatic carbocycles. The first-order valence-electron chi connectivity index (χ1n) is 14.8. The van der Waals surface area contributed by atoms with E-state index in [4.69, 9.17) is 4.42 Å². The Labute approximate surface area is 288 Å². The highest BCUT2D eigenvalue weighted by atomic mass is 79.9. The second-order valence-electron chi connectivity index (χ2n) is 10.9. The lowest BCUT2D eigenvalue weighted by atomic mass is 10.2. The number of benzene rings is 4. The van der Waals surface area contributed by atoms with Gasteiger partial charge in [0.2, 0.25) is 20.0 Å². The number of nitrogens with zero attached hydrogens (tertiary/aromatic N) is 3. The van der Waals surface area contributed by atoms with Gasteiger partial charge in [0.1, 0.15) is 11.5 Å². The molecule has 0 bridgehead atoms. The fourth-order valence-electron chi connectivity index (χ4n) is 4.73. The van der Waals surface area contributed by atoms with Crippen molar-refractivity contribution in [3.63, 3.8) is 0 Å². The standard InChI is InChI=1S/C35H33BrN4O6S2/c1-27-12-18-33(19-13-27)47(42,43)39(23-28-8-4-2-5-9-28)25-32-17-16-31(46-32)22-37-38-35(41)26-40(24-29-10-6-3-7-11-29)48(44,45)34-20-14-30(36)15-21-34/h2-22H,23-26H2,1H3,(H,38,41)/b37-22-. The van der Waals surface area contributed by atoms with Crippen molar-refractivity contribution < 1.29 is 26.0 Å². The zero-order chi connectivity index (χ0) is 34.1. The molecule has 13 heteroatoms. The molecule has 5 aromatic rings. The van der Waals surface area contributed by atoms with E-state index in [-0.39, 0.29) is 35.2 Å². The van der Waals surface area contributed by atoms with Crippen LogP contribution in [-0.2, 0) is 44.5 Å². The van der Waals surface area contributed by atoms with E-state index in [1.807, 2.05) is 43.3 Å². The lowest BCUT2D eigenvalue weighted by Crippen LogP contribution is -2.39. The Bertz CT molecular complexity index is 2070. The van der Waals surface area contributed by atoms with Gasteiger partial charge in [-0.1, -0.05) is 94.3 Å². The van der Waals surface area contributed by atoms with Gasteiger partial charge in [0.25, 0.3) is 5.91 Å². The van der Waals surface area contributed by atoms with Crippen LogP contribution >= 0.6 is 15.9 Å². The summed E-state index contributed by atoms with van der Waals surface area (Å²) in [4.78, 5) is 13.1. The number of hydrogen-bond donors (Lipinski definition) is 1. The molecule has 0 saturated heterocycles. The van der Waals surface area contributed by atoms with Gasteiger partial charge in [-0.25, -0.2) is 22.3 Å². The van der Waals surface area contributed by atoms with Crippen LogP contribution in [0.4, 0.5) is 0 Å². The van der Waals surface area contributed by atoms with Crippen LogP contribution in [0.2, 0.25) is 0 Å². The third-order valence-corrected chi connectivity index (χ3v) is 11.4. The fraction of sp³-hybridized carbons (Fsp3) is 0.143. The van der Waals surface area contributed by atoms with E-state index in [0.717, 1.165) is 19.9 Å². The summed E-state index contributed by atoms with van der Waals surface area (Å²) in [5.74, 6) is -0.0294. The molecule has 0 aliphatic rings. The number of aryl methyl sites for hydroxylation is 1. The lowest BCUT2D eigenvalue weighted by Gasteiger charge is -2.21. The Kier molecular flexibility index (Phi) is 11.4. The van der Waals surface area contributed by atoms with Gasteiger partial charge in [-0.15, -0.1) is 0 Å². The molecule has 0 aliphatic carbocycles. The van der Waals surface area contributed by atoms with E-state index >= 15 is 0 Å². The first kappa shape index (κ1) is 34.9. The van der Waals surface area contributed by atoms with Crippen molar-refractivity contribution in [2.75, 3.05) is 6.54 Å². The maximum absolute atomic E-state index is 13.6. The topological polar surface area (TPSA) is 129 Å². The minimum absolute atomic E-state index is 0.0249. The van der Waals surface area contributed by atoms with E-state index in [0.29, 0.717) is 11.3 Å². The normalized spacial score (nSPS) is 12.2. The molecule has 10 nitrogen and oxygen atoms in total. The summed E-state index contributed by atoms with van der Waals surface area (Å²) in [6, 6.07) is 34.3. The monoisotopic (exact) mass is 748 g/mol. The molecule has 48 heavy (non-hydrogen) atoms. The largest absolute Gasteiger partial charge is 0.459 e. The maximum atomic E-state index is 13.6. The van der Waals surface area contributed by atoms with Crippen LogP contribution in [0.1, 0.15) is 28.2 Å². The van der Waals surface area contributed by atoms with Crippen molar-refractivity contribution in [2.24, 2.45) is 5.10 Å². The number of halogens is 1. The molecule has 1 heterocycles. The first-order valence-corrected chi connectivity index (χ1v) is 18.5. The van der Waals surface area contributed by atoms with Gasteiger partial charge < -0.3 is 4.42 Å². The van der Waals surface area contributed by atoms with E-state index in [1.54, 1.807) is 72.8 Å². The van der Waals surface area contributed by atoms with Gasteiger partial charge in [0, 0.05) is 17.6 Å². The number of rotatable bonds is 14. The summed E-state index contributed by atoms with van der Waals surface area (Å²) in [5.41, 5.74) is 4.83. The highest BCUT2D eigenvalue weighted by Crippen LogP contribution is 2.23. The SMILES string of the molecule is Cc1ccc(S(=O)(=O)N(Cc2ccccc2)Cc2ccc(/C=N\NC(=O)CN(Cc3ccccc3)S(=O)(=O)c3ccc(Br)cc3)o2)cc1. The number of nitrogens with one attached hydrogen (secondary N) is 1. The first-order chi connectivity index (χ1) is 23.0. The predicted molar refractivity (Wildman–Crippen MR) is 187 cm³/mol. The molecule has 0 aliphatic heterocycles. The zero-order valence-corrected chi connectivity index (χ0v) is 29.2. The highest BCUT2D eigenvalue weighted by Gasteiger charge is 2.28. The van der Waals surface area contributed by atoms with Gasteiger partial charge in [-0.3, -0.25) is 4.79 Å². The number of furan rings is 1. The van der Waals surface area contributed by atoms with Crippen molar-refractivity contribution in [1.82, 2.24) is 14.0 Å². The van der Waals surface area contributed by atoms with Gasteiger partial charge >= 0.3 is 0 Å². The number of sulfonamides is 2. The van der Waals surface area contributed by atoms with Crippen molar-refractivity contribution >= 4 is 48.1 Å². The molecule has 0 radical (unpaired) electrons. The Morgan fingerprint density at radius 3 is 1.81 bits per heavy atom. The number of carbonyl (C=O) groups is 1. The van der Waals surface area contributed by atoms with Gasteiger partial charge in [-0.2, -0.15) is 13.7 Å². The minimum Gasteiger partial charge on any atom is -0.459 e. The second kappa shape index (κ2) is 15.7. The summed E-state index contributed by atoms with van der Waals surface area (Å²) < 4.78 is 63.3. The molecule has 1 amide bonds. The minimum atomic E-state index is -4.03. The third-order valence-electron chi connectivity index (χ3n) is 7.23. The van der Waals surface area contributed by atoms with Crippen molar-refractivity contribution in [3.8, 4) is 0 Å². The molecule has 0 unspecified atom stereocenters. The summed E-state index contributed by atoms with van der Waals surface area (Å²) in [5, 5.41) is 3.96. The van der Waals surface area contributed by atoms with Crippen LogP contribution < -0.4 is 5.43 Å². The zero-order valence-electron chi connectivity index (χ0n) is 25.9. The Hall–Kier alpha value is -4.40. The van der Waals surface area contributed by atoms with Crippen LogP contribution in [-0.4, -0.2) is 44.1 Å². The summed E-state index contributed by atoms with van der Waals surface area (Å²) in [7, 11) is -7.90. The van der Waals surface area contributed by atoms with Crippen LogP contribution in [0.3, 0.4) is 0 Å². The molecular formula is C35H33BrN4O6S2. The Balaban J connectivity index is 1.28. The Morgan fingerprint density at radius 2 is 1.23 bits per heavy atom. The average molecular weight is 750 g/mol. The van der Waals surface area contributed by atoms with Gasteiger partial charge in [0.05, 0.1) is 29.1 Å². The second-order valence-corrected chi connectivity index (χ2v) is 15.7. The number of hydrogen-bond acceptors (Lipinski definition) is 7. The van der Waals surface area contributed by atoms with Crippen LogP contribution in [0.15, 0.2) is 145 Å².